The van der Waals surface area contributed by atoms with Crippen LogP contribution in [0.2, 0.25) is 0 Å². The molecule has 0 aliphatic carbocycles. The topological polar surface area (TPSA) is 29.3 Å². The van der Waals surface area contributed by atoms with Crippen LogP contribution in [0.3, 0.4) is 0 Å². The van der Waals surface area contributed by atoms with E-state index in [-0.39, 0.29) is 5.54 Å². The molecule has 2 heteroatoms. The summed E-state index contributed by atoms with van der Waals surface area (Å²) in [7, 11) is 0. The van der Waals surface area contributed by atoms with Crippen molar-refractivity contribution in [2.75, 3.05) is 18.0 Å². The lowest BCUT2D eigenvalue weighted by atomic mass is 9.85. The zero-order chi connectivity index (χ0) is 14.4. The molecule has 0 unspecified atom stereocenters. The van der Waals surface area contributed by atoms with Crippen molar-refractivity contribution in [2.45, 2.75) is 64.3 Å². The third-order valence-electron chi connectivity index (χ3n) is 4.74. The van der Waals surface area contributed by atoms with Gasteiger partial charge in [-0.2, -0.15) is 0 Å². The Hall–Kier alpha value is -1.02. The fourth-order valence-electron chi connectivity index (χ4n) is 3.82. The van der Waals surface area contributed by atoms with Gasteiger partial charge in [-0.1, -0.05) is 44.9 Å². The Bertz CT molecular complexity index is 408. The average molecular weight is 274 g/mol. The number of aryl methyl sites for hydroxylation is 1. The monoisotopic (exact) mass is 274 g/mol. The van der Waals surface area contributed by atoms with E-state index in [0.717, 1.165) is 13.1 Å². The predicted molar refractivity (Wildman–Crippen MR) is 88.3 cm³/mol. The first kappa shape index (κ1) is 15.4. The van der Waals surface area contributed by atoms with Gasteiger partial charge in [0.2, 0.25) is 0 Å². The normalized spacial score (nSPS) is 15.8. The van der Waals surface area contributed by atoms with E-state index in [1.54, 1.807) is 0 Å². The van der Waals surface area contributed by atoms with E-state index in [4.69, 9.17) is 5.73 Å². The van der Waals surface area contributed by atoms with E-state index in [0.29, 0.717) is 0 Å². The van der Waals surface area contributed by atoms with Crippen molar-refractivity contribution in [1.29, 1.82) is 0 Å². The fourth-order valence-corrected chi connectivity index (χ4v) is 3.82. The van der Waals surface area contributed by atoms with Gasteiger partial charge in [0.25, 0.3) is 0 Å². The number of hydrogen-bond donors (Lipinski definition) is 1. The molecule has 1 aliphatic heterocycles. The molecule has 20 heavy (non-hydrogen) atoms. The lowest BCUT2D eigenvalue weighted by Crippen LogP contribution is -2.54. The average Bonchev–Trinajstić information content (AvgIpc) is 2.69. The molecule has 0 radical (unpaired) electrons. The minimum Gasteiger partial charge on any atom is -0.364 e. The summed E-state index contributed by atoms with van der Waals surface area (Å²) in [5.41, 5.74) is 9.39. The van der Waals surface area contributed by atoms with Crippen molar-refractivity contribution >= 4 is 5.69 Å². The Kier molecular flexibility index (Phi) is 5.47. The van der Waals surface area contributed by atoms with Crippen LogP contribution >= 0.6 is 0 Å². The second-order valence-electron chi connectivity index (χ2n) is 6.17. The Morgan fingerprint density at radius 1 is 1.10 bits per heavy atom. The van der Waals surface area contributed by atoms with Crippen molar-refractivity contribution in [3.8, 4) is 0 Å². The Balaban J connectivity index is 2.41. The standard InChI is InChI=1S/C18H30N2/c1-3-12-18(15-19,13-4-2)20-14-8-7-10-16-9-5-6-11-17(16)20/h5-6,9,11H,3-4,7-8,10,12-15,19H2,1-2H3. The molecule has 0 fully saturated rings. The second-order valence-corrected chi connectivity index (χ2v) is 6.17. The smallest absolute Gasteiger partial charge is 0.0524 e. The summed E-state index contributed by atoms with van der Waals surface area (Å²) in [6.45, 7) is 6.49. The highest BCUT2D eigenvalue weighted by Gasteiger charge is 2.35. The van der Waals surface area contributed by atoms with Crippen molar-refractivity contribution in [3.05, 3.63) is 29.8 Å². The Morgan fingerprint density at radius 2 is 1.80 bits per heavy atom. The van der Waals surface area contributed by atoms with Crippen LogP contribution in [0.4, 0.5) is 5.69 Å². The number of fused-ring (bicyclic) bond motifs is 1. The molecule has 0 bridgehead atoms. The van der Waals surface area contributed by atoms with Gasteiger partial charge in [-0.25, -0.2) is 0 Å². The molecule has 112 valence electrons. The first-order valence-corrected chi connectivity index (χ1v) is 8.33. The molecule has 1 aliphatic rings. The molecule has 0 atom stereocenters. The van der Waals surface area contributed by atoms with Crippen molar-refractivity contribution < 1.29 is 0 Å². The SMILES string of the molecule is CCCC(CN)(CCC)N1CCCCc2ccccc21. The summed E-state index contributed by atoms with van der Waals surface area (Å²) < 4.78 is 0. The zero-order valence-electron chi connectivity index (χ0n) is 13.2. The summed E-state index contributed by atoms with van der Waals surface area (Å²) >= 11 is 0. The van der Waals surface area contributed by atoms with Crippen molar-refractivity contribution in [1.82, 2.24) is 0 Å². The predicted octanol–water partition coefficient (Wildman–Crippen LogP) is 4.13. The molecule has 0 amide bonds. The third kappa shape index (κ3) is 3.01. The molecule has 0 aromatic heterocycles. The van der Waals surface area contributed by atoms with Crippen molar-refractivity contribution in [2.24, 2.45) is 5.73 Å². The quantitative estimate of drug-likeness (QED) is 0.845. The molecule has 2 nitrogen and oxygen atoms in total. The molecular formula is C18H30N2. The number of nitrogens with zero attached hydrogens (tertiary/aromatic N) is 1. The highest BCUT2D eigenvalue weighted by molar-refractivity contribution is 5.56. The number of rotatable bonds is 6. The van der Waals surface area contributed by atoms with E-state index in [1.807, 2.05) is 0 Å². The summed E-state index contributed by atoms with van der Waals surface area (Å²) in [5.74, 6) is 0. The molecule has 0 spiro atoms. The maximum atomic E-state index is 6.28. The van der Waals surface area contributed by atoms with Crippen LogP contribution in [-0.4, -0.2) is 18.6 Å². The van der Waals surface area contributed by atoms with Gasteiger partial charge in [0.15, 0.2) is 0 Å². The second kappa shape index (κ2) is 7.12. The van der Waals surface area contributed by atoms with Gasteiger partial charge in [-0.05, 0) is 43.7 Å². The van der Waals surface area contributed by atoms with E-state index < -0.39 is 0 Å². The molecule has 0 saturated carbocycles. The Labute approximate surface area is 124 Å². The van der Waals surface area contributed by atoms with Gasteiger partial charge in [0.1, 0.15) is 0 Å². The van der Waals surface area contributed by atoms with Gasteiger partial charge >= 0.3 is 0 Å². The maximum Gasteiger partial charge on any atom is 0.0524 e. The van der Waals surface area contributed by atoms with Crippen LogP contribution in [0.1, 0.15) is 57.9 Å². The minimum atomic E-state index is 0.157. The van der Waals surface area contributed by atoms with Gasteiger partial charge in [0.05, 0.1) is 5.54 Å². The van der Waals surface area contributed by atoms with E-state index in [2.05, 4.69) is 43.0 Å². The van der Waals surface area contributed by atoms with Crippen LogP contribution in [0, 0.1) is 0 Å². The molecular weight excluding hydrogens is 244 g/mol. The van der Waals surface area contributed by atoms with E-state index in [1.165, 1.54) is 56.2 Å². The zero-order valence-corrected chi connectivity index (χ0v) is 13.2. The lowest BCUT2D eigenvalue weighted by Gasteiger charge is -2.45. The molecule has 2 N–H and O–H groups in total. The molecule has 1 aromatic carbocycles. The first-order chi connectivity index (χ1) is 9.77. The van der Waals surface area contributed by atoms with E-state index in [9.17, 15) is 0 Å². The van der Waals surface area contributed by atoms with Crippen LogP contribution in [0.5, 0.6) is 0 Å². The van der Waals surface area contributed by atoms with Crippen LogP contribution in [0.25, 0.3) is 0 Å². The number of benzene rings is 1. The molecule has 1 heterocycles. The molecule has 0 saturated heterocycles. The van der Waals surface area contributed by atoms with Gasteiger partial charge in [-0.3, -0.25) is 0 Å². The number of anilines is 1. The molecule has 2 rings (SSSR count). The summed E-state index contributed by atoms with van der Waals surface area (Å²) in [6.07, 6.45) is 8.60. The largest absolute Gasteiger partial charge is 0.364 e. The Morgan fingerprint density at radius 3 is 2.45 bits per heavy atom. The third-order valence-corrected chi connectivity index (χ3v) is 4.74. The van der Waals surface area contributed by atoms with E-state index >= 15 is 0 Å². The van der Waals surface area contributed by atoms with Crippen LogP contribution < -0.4 is 10.6 Å². The van der Waals surface area contributed by atoms with Gasteiger partial charge in [-0.15, -0.1) is 0 Å². The summed E-state index contributed by atoms with van der Waals surface area (Å²) in [6, 6.07) is 8.95. The highest BCUT2D eigenvalue weighted by Crippen LogP contribution is 2.36. The fraction of sp³-hybridized carbons (Fsp3) is 0.667. The molecule has 1 aromatic rings. The number of nitrogens with two attached hydrogens (primary N) is 1. The minimum absolute atomic E-state index is 0.157. The number of para-hydroxylation sites is 1. The summed E-state index contributed by atoms with van der Waals surface area (Å²) in [4.78, 5) is 2.66. The van der Waals surface area contributed by atoms with Crippen molar-refractivity contribution in [3.63, 3.8) is 0 Å². The van der Waals surface area contributed by atoms with Crippen LogP contribution in [-0.2, 0) is 6.42 Å². The summed E-state index contributed by atoms with van der Waals surface area (Å²) in [5, 5.41) is 0. The first-order valence-electron chi connectivity index (χ1n) is 8.33. The van der Waals surface area contributed by atoms with Gasteiger partial charge in [0, 0.05) is 18.8 Å². The number of hydrogen-bond acceptors (Lipinski definition) is 2. The lowest BCUT2D eigenvalue weighted by molar-refractivity contribution is 0.333. The highest BCUT2D eigenvalue weighted by atomic mass is 15.2. The van der Waals surface area contributed by atoms with Gasteiger partial charge < -0.3 is 10.6 Å². The maximum absolute atomic E-state index is 6.28. The van der Waals surface area contributed by atoms with Crippen LogP contribution in [0.15, 0.2) is 24.3 Å².